The van der Waals surface area contributed by atoms with E-state index in [1.54, 1.807) is 17.0 Å². The maximum absolute atomic E-state index is 11.6. The molecular formula is C13H13NO2. The Bertz CT molecular complexity index is 430. The number of terminal acetylenes is 1. The van der Waals surface area contributed by atoms with E-state index in [0.29, 0.717) is 19.5 Å². The maximum atomic E-state index is 11.6. The highest BCUT2D eigenvalue weighted by Crippen LogP contribution is 2.20. The molecule has 1 N–H and O–H groups in total. The van der Waals surface area contributed by atoms with E-state index in [-0.39, 0.29) is 17.6 Å². The van der Waals surface area contributed by atoms with Gasteiger partial charge in [0.25, 0.3) is 0 Å². The van der Waals surface area contributed by atoms with Crippen molar-refractivity contribution >= 4 is 5.91 Å². The molecule has 2 rings (SSSR count). The zero-order valence-electron chi connectivity index (χ0n) is 8.89. The smallest absolute Gasteiger partial charge is 0.224 e. The molecule has 1 atom stereocenters. The number of phenolic OH excluding ortho intramolecular Hbond substituents is 1. The molecule has 1 aliphatic heterocycles. The molecule has 1 heterocycles. The number of hydrogen-bond donors (Lipinski definition) is 1. The normalized spacial score (nSPS) is 19.8. The standard InChI is InChI=1S/C13H13NO2/c1-2-10-7-13(16)14(8-10)9-11-3-5-12(15)6-4-11/h1,3-6,10,15H,7-9H2. The molecule has 0 radical (unpaired) electrons. The van der Waals surface area contributed by atoms with Gasteiger partial charge in [0.15, 0.2) is 0 Å². The number of hydrogen-bond acceptors (Lipinski definition) is 2. The molecule has 0 spiro atoms. The summed E-state index contributed by atoms with van der Waals surface area (Å²) in [5.41, 5.74) is 1.00. The summed E-state index contributed by atoms with van der Waals surface area (Å²) in [6, 6.07) is 6.86. The number of amides is 1. The van der Waals surface area contributed by atoms with Crippen LogP contribution in [-0.4, -0.2) is 22.5 Å². The number of aromatic hydroxyl groups is 1. The molecule has 0 saturated carbocycles. The Morgan fingerprint density at radius 3 is 2.69 bits per heavy atom. The molecule has 1 aromatic rings. The van der Waals surface area contributed by atoms with Crippen LogP contribution in [0.4, 0.5) is 0 Å². The van der Waals surface area contributed by atoms with Gasteiger partial charge in [0.2, 0.25) is 5.91 Å². The highest BCUT2D eigenvalue weighted by Gasteiger charge is 2.27. The second-order valence-electron chi connectivity index (χ2n) is 4.01. The van der Waals surface area contributed by atoms with Gasteiger partial charge in [-0.25, -0.2) is 0 Å². The van der Waals surface area contributed by atoms with Gasteiger partial charge in [-0.15, -0.1) is 12.3 Å². The molecular weight excluding hydrogens is 202 g/mol. The minimum atomic E-state index is 0.0459. The van der Waals surface area contributed by atoms with Crippen molar-refractivity contribution in [1.82, 2.24) is 4.90 Å². The minimum absolute atomic E-state index is 0.0459. The first-order chi connectivity index (χ1) is 7.69. The summed E-state index contributed by atoms with van der Waals surface area (Å²) in [6.45, 7) is 1.20. The summed E-state index contributed by atoms with van der Waals surface area (Å²) in [4.78, 5) is 13.4. The molecule has 1 aliphatic rings. The van der Waals surface area contributed by atoms with Crippen LogP contribution in [0.1, 0.15) is 12.0 Å². The first-order valence-corrected chi connectivity index (χ1v) is 5.21. The minimum Gasteiger partial charge on any atom is -0.508 e. The molecule has 1 amide bonds. The first-order valence-electron chi connectivity index (χ1n) is 5.21. The zero-order chi connectivity index (χ0) is 11.5. The lowest BCUT2D eigenvalue weighted by atomic mass is 10.1. The van der Waals surface area contributed by atoms with E-state index in [1.165, 1.54) is 0 Å². The third kappa shape index (κ3) is 2.17. The number of benzene rings is 1. The van der Waals surface area contributed by atoms with Gasteiger partial charge in [-0.3, -0.25) is 4.79 Å². The fourth-order valence-corrected chi connectivity index (χ4v) is 1.86. The third-order valence-corrected chi connectivity index (χ3v) is 2.76. The van der Waals surface area contributed by atoms with Gasteiger partial charge < -0.3 is 10.0 Å². The molecule has 0 aromatic heterocycles. The van der Waals surface area contributed by atoms with Crippen molar-refractivity contribution in [1.29, 1.82) is 0 Å². The van der Waals surface area contributed by atoms with Gasteiger partial charge in [0, 0.05) is 25.4 Å². The molecule has 16 heavy (non-hydrogen) atoms. The summed E-state index contributed by atoms with van der Waals surface area (Å²) in [5, 5.41) is 9.14. The zero-order valence-corrected chi connectivity index (χ0v) is 8.89. The van der Waals surface area contributed by atoms with Crippen molar-refractivity contribution in [2.75, 3.05) is 6.54 Å². The molecule has 1 aromatic carbocycles. The highest BCUT2D eigenvalue weighted by molar-refractivity contribution is 5.79. The largest absolute Gasteiger partial charge is 0.508 e. The summed E-state index contributed by atoms with van der Waals surface area (Å²) in [5.74, 6) is 3.00. The van der Waals surface area contributed by atoms with Gasteiger partial charge in [0.05, 0.1) is 0 Å². The Kier molecular flexibility index (Phi) is 2.82. The van der Waals surface area contributed by atoms with Crippen LogP contribution in [0.15, 0.2) is 24.3 Å². The number of nitrogens with zero attached hydrogens (tertiary/aromatic N) is 1. The van der Waals surface area contributed by atoms with Gasteiger partial charge in [0.1, 0.15) is 5.75 Å². The van der Waals surface area contributed by atoms with Crippen LogP contribution < -0.4 is 0 Å². The number of phenols is 1. The van der Waals surface area contributed by atoms with Crippen LogP contribution in [-0.2, 0) is 11.3 Å². The second-order valence-corrected chi connectivity index (χ2v) is 4.01. The number of rotatable bonds is 2. The fraction of sp³-hybridized carbons (Fsp3) is 0.308. The Labute approximate surface area is 94.7 Å². The van der Waals surface area contributed by atoms with Crippen molar-refractivity contribution < 1.29 is 9.90 Å². The Morgan fingerprint density at radius 2 is 2.12 bits per heavy atom. The van der Waals surface area contributed by atoms with Crippen molar-refractivity contribution in [3.63, 3.8) is 0 Å². The van der Waals surface area contributed by atoms with Crippen molar-refractivity contribution in [2.24, 2.45) is 5.92 Å². The van der Waals surface area contributed by atoms with Gasteiger partial charge >= 0.3 is 0 Å². The van der Waals surface area contributed by atoms with E-state index in [1.807, 2.05) is 12.1 Å². The van der Waals surface area contributed by atoms with Crippen LogP contribution in [0.2, 0.25) is 0 Å². The second kappa shape index (κ2) is 4.28. The third-order valence-electron chi connectivity index (χ3n) is 2.76. The van der Waals surface area contributed by atoms with Crippen LogP contribution in [0.5, 0.6) is 5.75 Å². The van der Waals surface area contributed by atoms with E-state index in [4.69, 9.17) is 11.5 Å². The fourth-order valence-electron chi connectivity index (χ4n) is 1.86. The lowest BCUT2D eigenvalue weighted by Gasteiger charge is -2.15. The van der Waals surface area contributed by atoms with Gasteiger partial charge in [-0.2, -0.15) is 0 Å². The monoisotopic (exact) mass is 215 g/mol. The quantitative estimate of drug-likeness (QED) is 0.757. The first kappa shape index (κ1) is 10.6. The van der Waals surface area contributed by atoms with Crippen LogP contribution >= 0.6 is 0 Å². The summed E-state index contributed by atoms with van der Waals surface area (Å²) in [6.07, 6.45) is 5.76. The Hall–Kier alpha value is -1.95. The van der Waals surface area contributed by atoms with E-state index >= 15 is 0 Å². The van der Waals surface area contributed by atoms with Crippen LogP contribution in [0.3, 0.4) is 0 Å². The molecule has 3 nitrogen and oxygen atoms in total. The predicted molar refractivity (Wildman–Crippen MR) is 60.5 cm³/mol. The lowest BCUT2D eigenvalue weighted by Crippen LogP contribution is -2.24. The lowest BCUT2D eigenvalue weighted by molar-refractivity contribution is -0.128. The van der Waals surface area contributed by atoms with Crippen LogP contribution in [0.25, 0.3) is 0 Å². The van der Waals surface area contributed by atoms with Gasteiger partial charge in [-0.1, -0.05) is 12.1 Å². The van der Waals surface area contributed by atoms with E-state index in [0.717, 1.165) is 5.56 Å². The van der Waals surface area contributed by atoms with E-state index in [2.05, 4.69) is 5.92 Å². The molecule has 1 saturated heterocycles. The van der Waals surface area contributed by atoms with E-state index < -0.39 is 0 Å². The molecule has 0 bridgehead atoms. The molecule has 1 unspecified atom stereocenters. The molecule has 3 heteroatoms. The number of carbonyl (C=O) groups is 1. The van der Waals surface area contributed by atoms with Gasteiger partial charge in [-0.05, 0) is 17.7 Å². The molecule has 1 fully saturated rings. The summed E-state index contributed by atoms with van der Waals surface area (Å²) < 4.78 is 0. The predicted octanol–water partition coefficient (Wildman–Crippen LogP) is 1.37. The summed E-state index contributed by atoms with van der Waals surface area (Å²) >= 11 is 0. The number of carbonyl (C=O) groups excluding carboxylic acids is 1. The summed E-state index contributed by atoms with van der Waals surface area (Å²) in [7, 11) is 0. The molecule has 82 valence electrons. The van der Waals surface area contributed by atoms with E-state index in [9.17, 15) is 4.79 Å². The van der Waals surface area contributed by atoms with Crippen molar-refractivity contribution in [2.45, 2.75) is 13.0 Å². The maximum Gasteiger partial charge on any atom is 0.224 e. The SMILES string of the molecule is C#CC1CC(=O)N(Cc2ccc(O)cc2)C1. The van der Waals surface area contributed by atoms with Crippen molar-refractivity contribution in [3.8, 4) is 18.1 Å². The van der Waals surface area contributed by atoms with Crippen LogP contribution in [0, 0.1) is 18.3 Å². The molecule has 0 aliphatic carbocycles. The topological polar surface area (TPSA) is 40.5 Å². The average Bonchev–Trinajstić information content (AvgIpc) is 2.63. The highest BCUT2D eigenvalue weighted by atomic mass is 16.3. The van der Waals surface area contributed by atoms with Crippen molar-refractivity contribution in [3.05, 3.63) is 29.8 Å². The Morgan fingerprint density at radius 1 is 1.44 bits per heavy atom. The number of likely N-dealkylation sites (tertiary alicyclic amines) is 1. The average molecular weight is 215 g/mol. The Balaban J connectivity index is 2.03.